The van der Waals surface area contributed by atoms with E-state index in [2.05, 4.69) is 10.3 Å². The predicted octanol–water partition coefficient (Wildman–Crippen LogP) is 2.92. The lowest BCUT2D eigenvalue weighted by Gasteiger charge is -2.05. The fourth-order valence-corrected chi connectivity index (χ4v) is 1.96. The summed E-state index contributed by atoms with van der Waals surface area (Å²) in [6.07, 6.45) is 0. The number of nitrogens with zero attached hydrogens (tertiary/aromatic N) is 2. The molecule has 0 aliphatic carbocycles. The molecule has 1 N–H and O–H groups in total. The van der Waals surface area contributed by atoms with E-state index in [0.29, 0.717) is 22.0 Å². The number of anilines is 1. The SMILES string of the molecule is N#Cc1ccc(NC(=O)c2cscn2)c(Cl)c1. The number of nitriles is 1. The summed E-state index contributed by atoms with van der Waals surface area (Å²) in [7, 11) is 0. The van der Waals surface area contributed by atoms with Gasteiger partial charge in [-0.05, 0) is 18.2 Å². The van der Waals surface area contributed by atoms with Crippen LogP contribution >= 0.6 is 22.9 Å². The number of nitrogens with one attached hydrogen (secondary N) is 1. The second kappa shape index (κ2) is 4.95. The van der Waals surface area contributed by atoms with Crippen LogP contribution in [0.25, 0.3) is 0 Å². The Morgan fingerprint density at radius 3 is 2.94 bits per heavy atom. The first-order valence-corrected chi connectivity index (χ1v) is 5.92. The Labute approximate surface area is 106 Å². The van der Waals surface area contributed by atoms with Crippen LogP contribution in [0.15, 0.2) is 29.1 Å². The fraction of sp³-hybridized carbons (Fsp3) is 0. The highest BCUT2D eigenvalue weighted by Crippen LogP contribution is 2.23. The second-order valence-electron chi connectivity index (χ2n) is 3.13. The first-order chi connectivity index (χ1) is 8.20. The van der Waals surface area contributed by atoms with Gasteiger partial charge in [0.25, 0.3) is 5.91 Å². The van der Waals surface area contributed by atoms with Gasteiger partial charge in [-0.3, -0.25) is 4.79 Å². The molecule has 0 fully saturated rings. The van der Waals surface area contributed by atoms with Crippen molar-refractivity contribution in [2.45, 2.75) is 0 Å². The Morgan fingerprint density at radius 2 is 2.35 bits per heavy atom. The molecular weight excluding hydrogens is 258 g/mol. The van der Waals surface area contributed by atoms with Crippen molar-refractivity contribution < 1.29 is 4.79 Å². The Balaban J connectivity index is 2.20. The maximum atomic E-state index is 11.7. The highest BCUT2D eigenvalue weighted by molar-refractivity contribution is 7.07. The van der Waals surface area contributed by atoms with E-state index < -0.39 is 0 Å². The Kier molecular flexibility index (Phi) is 3.38. The molecule has 0 radical (unpaired) electrons. The van der Waals surface area contributed by atoms with Crippen LogP contribution in [0, 0.1) is 11.3 Å². The molecule has 0 aliphatic rings. The van der Waals surface area contributed by atoms with Crippen LogP contribution in [0.1, 0.15) is 16.1 Å². The van der Waals surface area contributed by atoms with E-state index in [1.165, 1.54) is 17.4 Å². The van der Waals surface area contributed by atoms with E-state index >= 15 is 0 Å². The van der Waals surface area contributed by atoms with E-state index in [-0.39, 0.29) is 5.91 Å². The topological polar surface area (TPSA) is 65.8 Å². The van der Waals surface area contributed by atoms with Gasteiger partial charge in [-0.15, -0.1) is 11.3 Å². The van der Waals surface area contributed by atoms with E-state index in [1.54, 1.807) is 23.0 Å². The lowest BCUT2D eigenvalue weighted by molar-refractivity contribution is 0.102. The van der Waals surface area contributed by atoms with Gasteiger partial charge in [0.15, 0.2) is 0 Å². The molecule has 84 valence electrons. The molecule has 6 heteroatoms. The third-order valence-electron chi connectivity index (χ3n) is 2.01. The quantitative estimate of drug-likeness (QED) is 0.906. The molecule has 1 heterocycles. The van der Waals surface area contributed by atoms with Crippen LogP contribution in [-0.4, -0.2) is 10.9 Å². The molecule has 1 amide bonds. The van der Waals surface area contributed by atoms with Crippen LogP contribution in [-0.2, 0) is 0 Å². The molecule has 0 atom stereocenters. The zero-order valence-electron chi connectivity index (χ0n) is 8.48. The molecule has 17 heavy (non-hydrogen) atoms. The average Bonchev–Trinajstić information content (AvgIpc) is 2.85. The number of carbonyl (C=O) groups excluding carboxylic acids is 1. The molecule has 2 aromatic rings. The van der Waals surface area contributed by atoms with Crippen LogP contribution in [0.2, 0.25) is 5.02 Å². The van der Waals surface area contributed by atoms with Crippen LogP contribution in [0.3, 0.4) is 0 Å². The van der Waals surface area contributed by atoms with Crippen molar-refractivity contribution in [3.63, 3.8) is 0 Å². The summed E-state index contributed by atoms with van der Waals surface area (Å²) in [6.45, 7) is 0. The number of carbonyl (C=O) groups is 1. The maximum absolute atomic E-state index is 11.7. The van der Waals surface area contributed by atoms with Gasteiger partial charge in [-0.1, -0.05) is 11.6 Å². The highest BCUT2D eigenvalue weighted by Gasteiger charge is 2.10. The molecule has 0 bridgehead atoms. The van der Waals surface area contributed by atoms with Gasteiger partial charge in [-0.2, -0.15) is 5.26 Å². The summed E-state index contributed by atoms with van der Waals surface area (Å²) < 4.78 is 0. The van der Waals surface area contributed by atoms with Gasteiger partial charge in [0.05, 0.1) is 27.9 Å². The molecule has 0 saturated heterocycles. The summed E-state index contributed by atoms with van der Waals surface area (Å²) in [5, 5.41) is 13.3. The van der Waals surface area contributed by atoms with Gasteiger partial charge in [0.1, 0.15) is 5.69 Å². The molecule has 1 aromatic heterocycles. The van der Waals surface area contributed by atoms with Gasteiger partial charge >= 0.3 is 0 Å². The number of aromatic nitrogens is 1. The van der Waals surface area contributed by atoms with E-state index in [4.69, 9.17) is 16.9 Å². The minimum absolute atomic E-state index is 0.321. The summed E-state index contributed by atoms with van der Waals surface area (Å²) >= 11 is 7.27. The third-order valence-corrected chi connectivity index (χ3v) is 2.91. The summed E-state index contributed by atoms with van der Waals surface area (Å²) in [5.74, 6) is -0.321. The van der Waals surface area contributed by atoms with Crippen molar-refractivity contribution in [1.29, 1.82) is 5.26 Å². The zero-order chi connectivity index (χ0) is 12.3. The molecule has 0 unspecified atom stereocenters. The molecular formula is C11H6ClN3OS. The molecule has 2 rings (SSSR count). The van der Waals surface area contributed by atoms with Crippen LogP contribution < -0.4 is 5.32 Å². The lowest BCUT2D eigenvalue weighted by Crippen LogP contribution is -2.12. The van der Waals surface area contributed by atoms with Gasteiger partial charge in [0, 0.05) is 5.38 Å². The first-order valence-electron chi connectivity index (χ1n) is 4.60. The van der Waals surface area contributed by atoms with E-state index in [0.717, 1.165) is 0 Å². The second-order valence-corrected chi connectivity index (χ2v) is 4.26. The molecule has 4 nitrogen and oxygen atoms in total. The Hall–Kier alpha value is -1.90. The smallest absolute Gasteiger partial charge is 0.275 e. The standard InChI is InChI=1S/C11H6ClN3OS/c12-8-3-7(4-13)1-2-9(8)15-11(16)10-5-17-6-14-10/h1-3,5-6H,(H,15,16). The van der Waals surface area contributed by atoms with Crippen molar-refractivity contribution in [2.24, 2.45) is 0 Å². The summed E-state index contributed by atoms with van der Waals surface area (Å²) in [6, 6.07) is 6.64. The van der Waals surface area contributed by atoms with Crippen molar-refractivity contribution >= 4 is 34.5 Å². The molecule has 0 saturated carbocycles. The van der Waals surface area contributed by atoms with Gasteiger partial charge in [0.2, 0.25) is 0 Å². The average molecular weight is 264 g/mol. The monoisotopic (exact) mass is 263 g/mol. The number of rotatable bonds is 2. The Bertz CT molecular complexity index is 589. The number of hydrogen-bond donors (Lipinski definition) is 1. The number of thiazole rings is 1. The Morgan fingerprint density at radius 1 is 1.53 bits per heavy atom. The maximum Gasteiger partial charge on any atom is 0.275 e. The van der Waals surface area contributed by atoms with Crippen LogP contribution in [0.5, 0.6) is 0 Å². The normalized spacial score (nSPS) is 9.65. The molecule has 0 spiro atoms. The van der Waals surface area contributed by atoms with Crippen molar-refractivity contribution in [3.8, 4) is 6.07 Å². The highest BCUT2D eigenvalue weighted by atomic mass is 35.5. The largest absolute Gasteiger partial charge is 0.319 e. The number of benzene rings is 1. The fourth-order valence-electron chi connectivity index (χ4n) is 1.20. The van der Waals surface area contributed by atoms with E-state index in [9.17, 15) is 4.79 Å². The first kappa shape index (κ1) is 11.6. The third kappa shape index (κ3) is 2.61. The molecule has 0 aliphatic heterocycles. The van der Waals surface area contributed by atoms with Crippen LogP contribution in [0.4, 0.5) is 5.69 Å². The summed E-state index contributed by atoms with van der Waals surface area (Å²) in [4.78, 5) is 15.6. The predicted molar refractivity (Wildman–Crippen MR) is 66.2 cm³/mol. The van der Waals surface area contributed by atoms with Crippen molar-refractivity contribution in [1.82, 2.24) is 4.98 Å². The minimum Gasteiger partial charge on any atom is -0.319 e. The number of hydrogen-bond acceptors (Lipinski definition) is 4. The molecule has 1 aromatic carbocycles. The van der Waals surface area contributed by atoms with Gasteiger partial charge in [-0.25, -0.2) is 4.98 Å². The number of amides is 1. The zero-order valence-corrected chi connectivity index (χ0v) is 10.0. The number of halogens is 1. The lowest BCUT2D eigenvalue weighted by atomic mass is 10.2. The van der Waals surface area contributed by atoms with Gasteiger partial charge < -0.3 is 5.32 Å². The minimum atomic E-state index is -0.321. The summed E-state index contributed by atoms with van der Waals surface area (Å²) in [5.41, 5.74) is 2.83. The van der Waals surface area contributed by atoms with Crippen molar-refractivity contribution in [3.05, 3.63) is 45.4 Å². The van der Waals surface area contributed by atoms with Crippen molar-refractivity contribution in [2.75, 3.05) is 5.32 Å². The van der Waals surface area contributed by atoms with E-state index in [1.807, 2.05) is 6.07 Å².